The number of allylic oxidation sites excluding steroid dienone is 2. The molecule has 1 aromatic rings. The highest BCUT2D eigenvalue weighted by Gasteiger charge is 2.36. The lowest BCUT2D eigenvalue weighted by atomic mass is 10.0. The van der Waals surface area contributed by atoms with Gasteiger partial charge in [0.2, 0.25) is 0 Å². The number of fused-ring (bicyclic) bond motifs is 1. The molecular formula is C15H16N2O. The molecule has 3 nitrogen and oxygen atoms in total. The van der Waals surface area contributed by atoms with Gasteiger partial charge in [0.1, 0.15) is 0 Å². The van der Waals surface area contributed by atoms with Crippen molar-refractivity contribution in [1.82, 2.24) is 10.2 Å². The molecule has 0 spiro atoms. The number of aryl methyl sites for hydroxylation is 1. The largest absolute Gasteiger partial charge is 0.329 e. The highest BCUT2D eigenvalue weighted by atomic mass is 16.2. The fraction of sp³-hybridized carbons (Fsp3) is 0.267. The van der Waals surface area contributed by atoms with E-state index in [4.69, 9.17) is 0 Å². The minimum Gasteiger partial charge on any atom is -0.329 e. The summed E-state index contributed by atoms with van der Waals surface area (Å²) in [7, 11) is 0. The third-order valence-corrected chi connectivity index (χ3v) is 3.62. The highest BCUT2D eigenvalue weighted by molar-refractivity contribution is 5.79. The van der Waals surface area contributed by atoms with Gasteiger partial charge in [-0.05, 0) is 18.1 Å². The molecule has 1 saturated heterocycles. The van der Waals surface area contributed by atoms with Gasteiger partial charge in [-0.15, -0.1) is 0 Å². The van der Waals surface area contributed by atoms with Gasteiger partial charge >= 0.3 is 6.03 Å². The van der Waals surface area contributed by atoms with Gasteiger partial charge in [0, 0.05) is 6.54 Å². The summed E-state index contributed by atoms with van der Waals surface area (Å²) >= 11 is 0. The number of nitrogens with zero attached hydrogens (tertiary/aromatic N) is 1. The van der Waals surface area contributed by atoms with E-state index in [1.807, 2.05) is 35.3 Å². The molecule has 0 aromatic heterocycles. The summed E-state index contributed by atoms with van der Waals surface area (Å²) in [5.41, 5.74) is 2.43. The van der Waals surface area contributed by atoms with E-state index < -0.39 is 0 Å². The number of hydrogen-bond acceptors (Lipinski definition) is 1. The predicted molar refractivity (Wildman–Crippen MR) is 71.1 cm³/mol. The van der Waals surface area contributed by atoms with Crippen molar-refractivity contribution in [3.05, 3.63) is 59.7 Å². The van der Waals surface area contributed by atoms with Crippen molar-refractivity contribution in [2.45, 2.75) is 25.6 Å². The van der Waals surface area contributed by atoms with E-state index >= 15 is 0 Å². The summed E-state index contributed by atoms with van der Waals surface area (Å²) in [4.78, 5) is 13.9. The summed E-state index contributed by atoms with van der Waals surface area (Å²) < 4.78 is 0. The molecule has 0 saturated carbocycles. The van der Waals surface area contributed by atoms with Gasteiger partial charge in [0.25, 0.3) is 0 Å². The standard InChI is InChI=1S/C15H16N2O/c1-11-6-2-3-7-12(11)10-17-14-9-5-4-8-13(14)16-15(17)18/h2-9,13-14H,10H2,1H3,(H,16,18). The average Bonchev–Trinajstić information content (AvgIpc) is 2.69. The average molecular weight is 240 g/mol. The van der Waals surface area contributed by atoms with E-state index in [9.17, 15) is 4.79 Å². The number of nitrogens with one attached hydrogen (secondary N) is 1. The van der Waals surface area contributed by atoms with Crippen LogP contribution in [0.15, 0.2) is 48.6 Å². The van der Waals surface area contributed by atoms with Crippen molar-refractivity contribution in [2.24, 2.45) is 0 Å². The Morgan fingerprint density at radius 3 is 2.83 bits per heavy atom. The summed E-state index contributed by atoms with van der Waals surface area (Å²) in [6.07, 6.45) is 8.12. The fourth-order valence-corrected chi connectivity index (χ4v) is 2.54. The van der Waals surface area contributed by atoms with Crippen LogP contribution in [-0.2, 0) is 6.54 Å². The first-order valence-electron chi connectivity index (χ1n) is 6.22. The molecule has 2 atom stereocenters. The lowest BCUT2D eigenvalue weighted by Crippen LogP contribution is -2.34. The Morgan fingerprint density at radius 1 is 1.22 bits per heavy atom. The minimum absolute atomic E-state index is 0.0180. The van der Waals surface area contributed by atoms with Crippen LogP contribution in [0, 0.1) is 6.92 Å². The zero-order valence-electron chi connectivity index (χ0n) is 10.3. The van der Waals surface area contributed by atoms with Crippen LogP contribution in [0.3, 0.4) is 0 Å². The lowest BCUT2D eigenvalue weighted by Gasteiger charge is -2.24. The number of carbonyl (C=O) groups is 1. The SMILES string of the molecule is Cc1ccccc1CN1C(=O)NC2C=CC=CC21. The van der Waals surface area contributed by atoms with Gasteiger partial charge in [-0.25, -0.2) is 4.79 Å². The first kappa shape index (κ1) is 11.1. The molecule has 3 heteroatoms. The molecule has 1 heterocycles. The molecule has 18 heavy (non-hydrogen) atoms. The van der Waals surface area contributed by atoms with Crippen molar-refractivity contribution in [3.8, 4) is 0 Å². The Bertz CT molecular complexity index is 533. The van der Waals surface area contributed by atoms with Gasteiger partial charge in [0.15, 0.2) is 0 Å². The maximum Gasteiger partial charge on any atom is 0.318 e. The third kappa shape index (κ3) is 1.82. The smallest absolute Gasteiger partial charge is 0.318 e. The Balaban J connectivity index is 1.84. The first-order valence-corrected chi connectivity index (χ1v) is 6.22. The molecule has 1 aliphatic carbocycles. The van der Waals surface area contributed by atoms with E-state index in [1.165, 1.54) is 11.1 Å². The van der Waals surface area contributed by atoms with Gasteiger partial charge < -0.3 is 10.2 Å². The van der Waals surface area contributed by atoms with Gasteiger partial charge in [-0.2, -0.15) is 0 Å². The molecule has 2 amide bonds. The molecule has 1 aromatic carbocycles. The van der Waals surface area contributed by atoms with Crippen LogP contribution >= 0.6 is 0 Å². The number of rotatable bonds is 2. The van der Waals surface area contributed by atoms with E-state index in [2.05, 4.69) is 30.4 Å². The lowest BCUT2D eigenvalue weighted by molar-refractivity contribution is 0.207. The van der Waals surface area contributed by atoms with Gasteiger partial charge in [0.05, 0.1) is 12.1 Å². The topological polar surface area (TPSA) is 32.3 Å². The van der Waals surface area contributed by atoms with Crippen molar-refractivity contribution in [1.29, 1.82) is 0 Å². The van der Waals surface area contributed by atoms with Crippen LogP contribution < -0.4 is 5.32 Å². The normalized spacial score (nSPS) is 25.2. The van der Waals surface area contributed by atoms with E-state index in [1.54, 1.807) is 0 Å². The summed E-state index contributed by atoms with van der Waals surface area (Å²) in [6, 6.07) is 8.48. The van der Waals surface area contributed by atoms with Crippen LogP contribution in [0.5, 0.6) is 0 Å². The monoisotopic (exact) mass is 240 g/mol. The van der Waals surface area contributed by atoms with Crippen LogP contribution in [0.25, 0.3) is 0 Å². The molecule has 92 valence electrons. The zero-order valence-corrected chi connectivity index (χ0v) is 10.3. The highest BCUT2D eigenvalue weighted by Crippen LogP contribution is 2.22. The molecule has 0 bridgehead atoms. The molecule has 1 fully saturated rings. The molecule has 0 radical (unpaired) electrons. The van der Waals surface area contributed by atoms with Crippen molar-refractivity contribution in [2.75, 3.05) is 0 Å². The number of carbonyl (C=O) groups excluding carboxylic acids is 1. The predicted octanol–water partition coefficient (Wildman–Crippen LogP) is 2.38. The quantitative estimate of drug-likeness (QED) is 0.845. The number of benzene rings is 1. The Kier molecular flexibility index (Phi) is 2.67. The Morgan fingerprint density at radius 2 is 2.00 bits per heavy atom. The van der Waals surface area contributed by atoms with Crippen LogP contribution in [0.4, 0.5) is 4.79 Å². The Labute approximate surface area is 107 Å². The second-order valence-corrected chi connectivity index (χ2v) is 4.79. The maximum atomic E-state index is 12.0. The van der Waals surface area contributed by atoms with Crippen molar-refractivity contribution >= 4 is 6.03 Å². The number of hydrogen-bond donors (Lipinski definition) is 1. The molecule has 2 aliphatic rings. The molecular weight excluding hydrogens is 224 g/mol. The second-order valence-electron chi connectivity index (χ2n) is 4.79. The number of amides is 2. The van der Waals surface area contributed by atoms with Crippen LogP contribution in [-0.4, -0.2) is 23.0 Å². The summed E-state index contributed by atoms with van der Waals surface area (Å²) in [5.74, 6) is 0. The zero-order chi connectivity index (χ0) is 12.5. The van der Waals surface area contributed by atoms with E-state index in [0.717, 1.165) is 0 Å². The fourth-order valence-electron chi connectivity index (χ4n) is 2.54. The van der Waals surface area contributed by atoms with Crippen molar-refractivity contribution < 1.29 is 4.79 Å². The van der Waals surface area contributed by atoms with Crippen LogP contribution in [0.1, 0.15) is 11.1 Å². The summed E-state index contributed by atoms with van der Waals surface area (Å²) in [5, 5.41) is 2.99. The first-order chi connectivity index (χ1) is 8.75. The molecule has 1 N–H and O–H groups in total. The second kappa shape index (κ2) is 4.33. The number of urea groups is 1. The van der Waals surface area contributed by atoms with E-state index in [-0.39, 0.29) is 18.1 Å². The van der Waals surface area contributed by atoms with Gasteiger partial charge in [-0.1, -0.05) is 48.6 Å². The summed E-state index contributed by atoms with van der Waals surface area (Å²) in [6.45, 7) is 2.75. The minimum atomic E-state index is 0.0180. The van der Waals surface area contributed by atoms with Gasteiger partial charge in [-0.3, -0.25) is 0 Å². The van der Waals surface area contributed by atoms with E-state index in [0.29, 0.717) is 6.54 Å². The third-order valence-electron chi connectivity index (χ3n) is 3.62. The van der Waals surface area contributed by atoms with Crippen molar-refractivity contribution in [3.63, 3.8) is 0 Å². The molecule has 2 unspecified atom stereocenters. The van der Waals surface area contributed by atoms with Crippen LogP contribution in [0.2, 0.25) is 0 Å². The molecule has 1 aliphatic heterocycles. The maximum absolute atomic E-state index is 12.0. The Hall–Kier alpha value is -2.03. The molecule has 3 rings (SSSR count).